The van der Waals surface area contributed by atoms with Crippen LogP contribution < -0.4 is 5.32 Å². The first-order valence-electron chi connectivity index (χ1n) is 7.27. The molecule has 2 heterocycles. The second kappa shape index (κ2) is 5.94. The van der Waals surface area contributed by atoms with Gasteiger partial charge in [-0.3, -0.25) is 4.90 Å². The molecule has 0 aromatic rings. The lowest BCUT2D eigenvalue weighted by Gasteiger charge is -2.32. The molecule has 2 atom stereocenters. The van der Waals surface area contributed by atoms with Crippen molar-refractivity contribution >= 4 is 11.8 Å². The minimum Gasteiger partial charge on any atom is -0.311 e. The molecule has 0 aromatic heterocycles. The van der Waals surface area contributed by atoms with Crippen molar-refractivity contribution in [3.63, 3.8) is 0 Å². The summed E-state index contributed by atoms with van der Waals surface area (Å²) in [6, 6.07) is 1.62. The topological polar surface area (TPSA) is 15.3 Å². The number of fused-ring (bicyclic) bond motifs is 1. The highest BCUT2D eigenvalue weighted by atomic mass is 32.2. The zero-order valence-electron chi connectivity index (χ0n) is 11.7. The summed E-state index contributed by atoms with van der Waals surface area (Å²) in [6.45, 7) is 8.53. The van der Waals surface area contributed by atoms with Gasteiger partial charge in [-0.15, -0.1) is 0 Å². The highest BCUT2D eigenvalue weighted by molar-refractivity contribution is 8.00. The van der Waals surface area contributed by atoms with Gasteiger partial charge in [-0.2, -0.15) is 11.8 Å². The maximum Gasteiger partial charge on any atom is 0.0276 e. The van der Waals surface area contributed by atoms with Crippen LogP contribution in [0.4, 0.5) is 0 Å². The van der Waals surface area contributed by atoms with E-state index in [1.54, 1.807) is 0 Å². The van der Waals surface area contributed by atoms with Gasteiger partial charge in [0, 0.05) is 29.9 Å². The minimum absolute atomic E-state index is 0.464. The molecule has 2 rings (SSSR count). The fourth-order valence-electron chi connectivity index (χ4n) is 3.50. The molecular weight excluding hydrogens is 228 g/mol. The molecule has 2 nitrogen and oxygen atoms in total. The Hall–Kier alpha value is 0.270. The van der Waals surface area contributed by atoms with Crippen LogP contribution in [0.25, 0.3) is 0 Å². The Morgan fingerprint density at radius 3 is 2.65 bits per heavy atom. The van der Waals surface area contributed by atoms with E-state index in [-0.39, 0.29) is 0 Å². The minimum atomic E-state index is 0.464. The van der Waals surface area contributed by atoms with E-state index in [0.717, 1.165) is 12.1 Å². The predicted octanol–water partition coefficient (Wildman–Crippen LogP) is 2.73. The van der Waals surface area contributed by atoms with Crippen LogP contribution >= 0.6 is 11.8 Å². The van der Waals surface area contributed by atoms with Crippen molar-refractivity contribution in [1.29, 1.82) is 0 Å². The van der Waals surface area contributed by atoms with Gasteiger partial charge in [0.05, 0.1) is 0 Å². The van der Waals surface area contributed by atoms with Crippen molar-refractivity contribution in [2.45, 2.75) is 62.8 Å². The van der Waals surface area contributed by atoms with E-state index in [4.69, 9.17) is 0 Å². The first kappa shape index (κ1) is 13.7. The summed E-state index contributed by atoms with van der Waals surface area (Å²) in [7, 11) is 0. The largest absolute Gasteiger partial charge is 0.311 e. The third-order valence-electron chi connectivity index (χ3n) is 5.01. The van der Waals surface area contributed by atoms with Gasteiger partial charge in [-0.25, -0.2) is 0 Å². The molecule has 2 aliphatic heterocycles. The molecule has 0 aromatic carbocycles. The predicted molar refractivity (Wildman–Crippen MR) is 77.8 cm³/mol. The van der Waals surface area contributed by atoms with Crippen LogP contribution in [0.2, 0.25) is 0 Å². The smallest absolute Gasteiger partial charge is 0.0276 e. The number of hydrogen-bond donors (Lipinski definition) is 1. The number of thioether (sulfide) groups is 1. The van der Waals surface area contributed by atoms with Gasteiger partial charge in [-0.05, 0) is 44.9 Å². The lowest BCUT2D eigenvalue weighted by atomic mass is 10.00. The van der Waals surface area contributed by atoms with Gasteiger partial charge in [0.2, 0.25) is 0 Å². The lowest BCUT2D eigenvalue weighted by Crippen LogP contribution is -2.46. The highest BCUT2D eigenvalue weighted by Crippen LogP contribution is 2.32. The molecule has 0 aliphatic carbocycles. The van der Waals surface area contributed by atoms with E-state index in [9.17, 15) is 0 Å². The summed E-state index contributed by atoms with van der Waals surface area (Å²) in [5.41, 5.74) is 0. The van der Waals surface area contributed by atoms with Crippen molar-refractivity contribution in [1.82, 2.24) is 10.2 Å². The zero-order valence-corrected chi connectivity index (χ0v) is 12.5. The van der Waals surface area contributed by atoms with E-state index >= 15 is 0 Å². The Kier molecular flexibility index (Phi) is 4.79. The SMILES string of the molecule is CCC(CC)(CNC1CCN2CCCC12)SC. The van der Waals surface area contributed by atoms with Gasteiger partial charge in [0.25, 0.3) is 0 Å². The third kappa shape index (κ3) is 2.82. The summed E-state index contributed by atoms with van der Waals surface area (Å²) in [5.74, 6) is 0. The molecule has 2 unspecified atom stereocenters. The van der Waals surface area contributed by atoms with Crippen LogP contribution in [-0.4, -0.2) is 47.6 Å². The number of rotatable bonds is 6. The van der Waals surface area contributed by atoms with Gasteiger partial charge < -0.3 is 5.32 Å². The Morgan fingerprint density at radius 2 is 2.00 bits per heavy atom. The quantitative estimate of drug-likeness (QED) is 0.787. The first-order chi connectivity index (χ1) is 8.24. The molecule has 17 heavy (non-hydrogen) atoms. The molecule has 3 heteroatoms. The number of nitrogens with one attached hydrogen (secondary N) is 1. The molecule has 0 bridgehead atoms. The van der Waals surface area contributed by atoms with Crippen LogP contribution in [-0.2, 0) is 0 Å². The van der Waals surface area contributed by atoms with Crippen LogP contribution in [0.15, 0.2) is 0 Å². The monoisotopic (exact) mass is 256 g/mol. The standard InChI is InChI=1S/C14H28N2S/c1-4-14(5-2,17-3)11-15-12-8-10-16-9-6-7-13(12)16/h12-13,15H,4-11H2,1-3H3. The number of hydrogen-bond acceptors (Lipinski definition) is 3. The number of nitrogens with zero attached hydrogens (tertiary/aromatic N) is 1. The summed E-state index contributed by atoms with van der Waals surface area (Å²) < 4.78 is 0.464. The Labute approximate surface area is 111 Å². The highest BCUT2D eigenvalue weighted by Gasteiger charge is 2.37. The van der Waals surface area contributed by atoms with Gasteiger partial charge in [-0.1, -0.05) is 13.8 Å². The van der Waals surface area contributed by atoms with E-state index in [2.05, 4.69) is 30.3 Å². The summed E-state index contributed by atoms with van der Waals surface area (Å²) in [4.78, 5) is 2.69. The van der Waals surface area contributed by atoms with Crippen LogP contribution in [0.5, 0.6) is 0 Å². The van der Waals surface area contributed by atoms with Crippen LogP contribution in [0.3, 0.4) is 0 Å². The second-order valence-corrected chi connectivity index (χ2v) is 6.89. The van der Waals surface area contributed by atoms with Crippen molar-refractivity contribution in [3.05, 3.63) is 0 Å². The molecule has 2 aliphatic rings. The maximum atomic E-state index is 3.88. The van der Waals surface area contributed by atoms with E-state index < -0.39 is 0 Å². The lowest BCUT2D eigenvalue weighted by molar-refractivity contribution is 0.294. The summed E-state index contributed by atoms with van der Waals surface area (Å²) >= 11 is 2.05. The normalized spacial score (nSPS) is 29.8. The fourth-order valence-corrected chi connectivity index (χ4v) is 4.30. The van der Waals surface area contributed by atoms with Gasteiger partial charge in [0.1, 0.15) is 0 Å². The van der Waals surface area contributed by atoms with Crippen molar-refractivity contribution < 1.29 is 0 Å². The zero-order chi connectivity index (χ0) is 12.3. The molecule has 2 fully saturated rings. The van der Waals surface area contributed by atoms with Crippen molar-refractivity contribution in [3.8, 4) is 0 Å². The molecule has 100 valence electrons. The Bertz CT molecular complexity index is 232. The average molecular weight is 256 g/mol. The molecule has 0 spiro atoms. The summed E-state index contributed by atoms with van der Waals surface area (Å²) in [6.07, 6.45) is 9.02. The summed E-state index contributed by atoms with van der Waals surface area (Å²) in [5, 5.41) is 3.88. The van der Waals surface area contributed by atoms with E-state index in [1.165, 1.54) is 51.7 Å². The molecule has 0 amide bonds. The van der Waals surface area contributed by atoms with E-state index in [1.807, 2.05) is 11.8 Å². The molecule has 0 radical (unpaired) electrons. The average Bonchev–Trinajstić information content (AvgIpc) is 2.95. The van der Waals surface area contributed by atoms with Crippen molar-refractivity contribution in [2.75, 3.05) is 25.9 Å². The van der Waals surface area contributed by atoms with Gasteiger partial charge in [0.15, 0.2) is 0 Å². The Balaban J connectivity index is 1.85. The van der Waals surface area contributed by atoms with Crippen LogP contribution in [0.1, 0.15) is 46.0 Å². The molecular formula is C14H28N2S. The third-order valence-corrected chi connectivity index (χ3v) is 6.60. The second-order valence-electron chi connectivity index (χ2n) is 5.62. The molecule has 2 saturated heterocycles. The Morgan fingerprint density at radius 1 is 1.24 bits per heavy atom. The van der Waals surface area contributed by atoms with Gasteiger partial charge >= 0.3 is 0 Å². The molecule has 0 saturated carbocycles. The van der Waals surface area contributed by atoms with Crippen molar-refractivity contribution in [2.24, 2.45) is 0 Å². The van der Waals surface area contributed by atoms with Crippen LogP contribution in [0, 0.1) is 0 Å². The first-order valence-corrected chi connectivity index (χ1v) is 8.49. The molecule has 1 N–H and O–H groups in total. The fraction of sp³-hybridized carbons (Fsp3) is 1.00. The van der Waals surface area contributed by atoms with E-state index in [0.29, 0.717) is 4.75 Å². The maximum absolute atomic E-state index is 3.88.